The van der Waals surface area contributed by atoms with E-state index in [-0.39, 0.29) is 24.3 Å². The predicted molar refractivity (Wildman–Crippen MR) is 249 cm³/mol. The molecule has 21 nitrogen and oxygen atoms in total. The highest BCUT2D eigenvalue weighted by Gasteiger charge is 2.51. The van der Waals surface area contributed by atoms with Crippen LogP contribution in [0.15, 0.2) is 69.4 Å². The molecule has 2 aromatic carbocycles. The number of thioether (sulfide) groups is 1. The van der Waals surface area contributed by atoms with Gasteiger partial charge in [-0.2, -0.15) is 0 Å². The highest BCUT2D eigenvalue weighted by molar-refractivity contribution is 8.00. The molecule has 22 heteroatoms. The summed E-state index contributed by atoms with van der Waals surface area (Å²) < 4.78 is 23.4. The number of esters is 2. The van der Waals surface area contributed by atoms with Crippen molar-refractivity contribution in [1.82, 2.24) is 30.4 Å². The fraction of sp³-hybridized carbons (Fsp3) is 0.522. The van der Waals surface area contributed by atoms with E-state index in [1.807, 2.05) is 66.7 Å². The Labute approximate surface area is 397 Å². The van der Waals surface area contributed by atoms with Crippen LogP contribution < -0.4 is 31.9 Å². The number of carbonyl (C=O) groups excluding carboxylic acids is 6. The molecule has 6 atom stereocenters. The second kappa shape index (κ2) is 22.9. The smallest absolute Gasteiger partial charge is 0.330 e. The summed E-state index contributed by atoms with van der Waals surface area (Å²) in [6.45, 7) is 12.8. The number of ether oxygens (including phenoxy) is 4. The van der Waals surface area contributed by atoms with Crippen molar-refractivity contribution >= 4 is 47.3 Å². The Morgan fingerprint density at radius 1 is 0.971 bits per heavy atom. The maximum absolute atomic E-state index is 14.9. The number of H-pyrrole nitrogens is 1. The van der Waals surface area contributed by atoms with Gasteiger partial charge in [0.15, 0.2) is 6.61 Å². The number of aromatic amines is 1. The summed E-state index contributed by atoms with van der Waals surface area (Å²) in [4.78, 5) is 112. The minimum atomic E-state index is -1.68. The first-order valence-corrected chi connectivity index (χ1v) is 23.0. The largest absolute Gasteiger partial charge is 0.483 e. The minimum absolute atomic E-state index is 0.0208. The summed E-state index contributed by atoms with van der Waals surface area (Å²) in [7, 11) is 0. The molecule has 4 N–H and O–H groups in total. The van der Waals surface area contributed by atoms with Gasteiger partial charge in [-0.1, -0.05) is 53.6 Å². The van der Waals surface area contributed by atoms with Crippen molar-refractivity contribution in [2.75, 3.05) is 25.6 Å². The Bertz CT molecular complexity index is 2500. The Morgan fingerprint density at radius 3 is 2.32 bits per heavy atom. The van der Waals surface area contributed by atoms with Crippen LogP contribution in [0, 0.1) is 20.8 Å². The fourth-order valence-corrected chi connectivity index (χ4v) is 8.90. The highest BCUT2D eigenvalue weighted by Crippen LogP contribution is 2.40. The zero-order valence-corrected chi connectivity index (χ0v) is 40.2. The van der Waals surface area contributed by atoms with Crippen LogP contribution in [0.2, 0.25) is 0 Å². The molecule has 2 saturated heterocycles. The Morgan fingerprint density at radius 2 is 1.66 bits per heavy atom. The molecule has 2 aliphatic heterocycles. The summed E-state index contributed by atoms with van der Waals surface area (Å²) in [6.07, 6.45) is -3.23. The lowest BCUT2D eigenvalue weighted by Crippen LogP contribution is -2.61. The summed E-state index contributed by atoms with van der Waals surface area (Å²) >= 11 is 1.36. The van der Waals surface area contributed by atoms with E-state index < -0.39 is 126 Å². The molecule has 1 aromatic heterocycles. The van der Waals surface area contributed by atoms with Gasteiger partial charge in [0.2, 0.25) is 17.9 Å². The van der Waals surface area contributed by atoms with Crippen LogP contribution in [0.1, 0.15) is 82.4 Å². The van der Waals surface area contributed by atoms with Crippen LogP contribution in [0.4, 0.5) is 0 Å². The number of aromatic nitrogens is 2. The van der Waals surface area contributed by atoms with E-state index in [4.69, 9.17) is 24.5 Å². The van der Waals surface area contributed by atoms with Crippen LogP contribution >= 0.6 is 11.8 Å². The fourth-order valence-electron chi connectivity index (χ4n) is 7.76. The average Bonchev–Trinajstić information content (AvgIpc) is 3.82. The van der Waals surface area contributed by atoms with Gasteiger partial charge in [-0.25, -0.2) is 4.79 Å². The maximum atomic E-state index is 14.9. The first-order chi connectivity index (χ1) is 32.1. The summed E-state index contributed by atoms with van der Waals surface area (Å²) in [5.41, 5.74) is 9.69. The number of hydrogen-bond donors (Lipinski definition) is 4. The molecule has 0 bridgehead atoms. The van der Waals surface area contributed by atoms with Crippen molar-refractivity contribution in [2.45, 2.75) is 128 Å². The highest BCUT2D eigenvalue weighted by atomic mass is 32.2. The second-order valence-electron chi connectivity index (χ2n) is 18.2. The number of para-hydroxylation sites is 1. The van der Waals surface area contributed by atoms with E-state index in [0.29, 0.717) is 11.3 Å². The third kappa shape index (κ3) is 14.2. The molecule has 68 heavy (non-hydrogen) atoms. The number of amides is 4. The Balaban J connectivity index is 1.28. The minimum Gasteiger partial charge on any atom is -0.483 e. The molecule has 0 unspecified atom stereocenters. The van der Waals surface area contributed by atoms with E-state index in [0.717, 1.165) is 15.7 Å². The first kappa shape index (κ1) is 52.3. The number of nitrogens with zero attached hydrogens (tertiary/aromatic N) is 5. The van der Waals surface area contributed by atoms with Gasteiger partial charge in [0.1, 0.15) is 37.3 Å². The molecule has 2 aliphatic rings. The molecule has 2 fully saturated rings. The van der Waals surface area contributed by atoms with E-state index in [9.17, 15) is 38.4 Å². The molecule has 3 heterocycles. The van der Waals surface area contributed by atoms with Crippen LogP contribution in [0.3, 0.4) is 0 Å². The third-order valence-corrected chi connectivity index (χ3v) is 12.5. The Hall–Kier alpha value is -6.64. The second-order valence-corrected chi connectivity index (χ2v) is 19.8. The van der Waals surface area contributed by atoms with Gasteiger partial charge in [-0.3, -0.25) is 43.1 Å². The van der Waals surface area contributed by atoms with Crippen LogP contribution in [-0.2, 0) is 49.4 Å². The standard InChI is InChI=1S/C46H59N9O12S/c1-26-13-12-14-27(2)38(26)65-24-34(57)49-31(19-29-15-10-9-11-16-29)39(43(62)55-25-68-46(7,8)40(55)42(61)51-45(4,5)6)67-36(58)18-17-33(56)48-21-37(59)64-23-32-30(52-53-47)20-35(66-32)54-22-28(3)41(60)50-44(54)63/h9-16,22,30-32,35,39-40H,17-21,23-25H2,1-8H3,(H,48,56)(H,49,57)(H,51,61)(H,50,60,63)/t30-,31-,32+,35+,39-,40+/m0/s1. The summed E-state index contributed by atoms with van der Waals surface area (Å²) in [6, 6.07) is 11.5. The van der Waals surface area contributed by atoms with Crippen molar-refractivity contribution in [3.8, 4) is 5.75 Å². The molecule has 0 radical (unpaired) electrons. The third-order valence-electron chi connectivity index (χ3n) is 11.1. The number of rotatable bonds is 19. The van der Waals surface area contributed by atoms with E-state index in [1.54, 1.807) is 30.3 Å². The van der Waals surface area contributed by atoms with Gasteiger partial charge in [-0.15, -0.1) is 11.8 Å². The van der Waals surface area contributed by atoms with Crippen molar-refractivity contribution in [1.29, 1.82) is 0 Å². The molecule has 366 valence electrons. The summed E-state index contributed by atoms with van der Waals surface area (Å²) in [5, 5.41) is 11.9. The Kier molecular flexibility index (Phi) is 17.6. The van der Waals surface area contributed by atoms with Gasteiger partial charge >= 0.3 is 17.6 Å². The van der Waals surface area contributed by atoms with Gasteiger partial charge in [0, 0.05) is 39.8 Å². The lowest BCUT2D eigenvalue weighted by atomic mass is 9.96. The van der Waals surface area contributed by atoms with Gasteiger partial charge in [0.05, 0.1) is 24.4 Å². The SMILES string of the molecule is Cc1cccc(C)c1OCC(=O)N[C@@H](Cc1ccccc1)[C@H](OC(=O)CCC(=O)NCC(=O)OC[C@H]1O[C@@H](n2cc(C)c(=O)[nH]c2=O)C[C@@H]1N=[N+]=[N-])C(=O)N1CSC(C)(C)[C@H]1C(=O)NC(C)(C)C. The molecule has 0 spiro atoms. The van der Waals surface area contributed by atoms with Crippen molar-refractivity contribution in [3.63, 3.8) is 0 Å². The average molecular weight is 962 g/mol. The maximum Gasteiger partial charge on any atom is 0.330 e. The lowest BCUT2D eigenvalue weighted by Gasteiger charge is -2.36. The number of azide groups is 1. The molecular weight excluding hydrogens is 903 g/mol. The quantitative estimate of drug-likeness (QED) is 0.0582. The number of carbonyl (C=O) groups is 6. The molecule has 4 amide bonds. The van der Waals surface area contributed by atoms with Gasteiger partial charge in [-0.05, 0) is 84.0 Å². The number of hydrogen-bond acceptors (Lipinski definition) is 14. The van der Waals surface area contributed by atoms with Gasteiger partial charge in [0.25, 0.3) is 17.4 Å². The van der Waals surface area contributed by atoms with Gasteiger partial charge < -0.3 is 39.8 Å². The topological polar surface area (TPSA) is 282 Å². The summed E-state index contributed by atoms with van der Waals surface area (Å²) in [5.74, 6) is -3.80. The monoisotopic (exact) mass is 961 g/mol. The van der Waals surface area contributed by atoms with E-state index >= 15 is 0 Å². The zero-order valence-electron chi connectivity index (χ0n) is 39.4. The lowest BCUT2D eigenvalue weighted by molar-refractivity contribution is -0.164. The predicted octanol–water partition coefficient (Wildman–Crippen LogP) is 3.18. The molecule has 3 aromatic rings. The molecule has 0 aliphatic carbocycles. The van der Waals surface area contributed by atoms with Crippen LogP contribution in [0.25, 0.3) is 10.4 Å². The van der Waals surface area contributed by atoms with Crippen molar-refractivity contribution < 1.29 is 47.7 Å². The van der Waals surface area contributed by atoms with Crippen molar-refractivity contribution in [3.05, 3.63) is 108 Å². The number of nitrogens with one attached hydrogen (secondary N) is 4. The molecular formula is C46H59N9O12S. The van der Waals surface area contributed by atoms with Crippen molar-refractivity contribution in [2.24, 2.45) is 5.11 Å². The van der Waals surface area contributed by atoms with Crippen LogP contribution in [-0.4, -0.2) is 116 Å². The zero-order chi connectivity index (χ0) is 49.9. The normalized spacial score (nSPS) is 19.4. The van der Waals surface area contributed by atoms with Crippen LogP contribution in [0.5, 0.6) is 5.75 Å². The number of benzene rings is 2. The first-order valence-electron chi connectivity index (χ1n) is 22.0. The number of aryl methyl sites for hydroxylation is 3. The van der Waals surface area contributed by atoms with E-state index in [1.165, 1.54) is 29.8 Å². The van der Waals surface area contributed by atoms with E-state index in [2.05, 4.69) is 31.0 Å². The molecule has 0 saturated carbocycles. The molecule has 5 rings (SSSR count).